The second-order valence-corrected chi connectivity index (χ2v) is 6.33. The molecule has 9 heteroatoms. The Labute approximate surface area is 150 Å². The van der Waals surface area contributed by atoms with Crippen molar-refractivity contribution in [2.75, 3.05) is 19.6 Å². The van der Waals surface area contributed by atoms with E-state index in [4.69, 9.17) is 5.73 Å². The first kappa shape index (κ1) is 17.7. The zero-order valence-corrected chi connectivity index (χ0v) is 14.6. The molecule has 1 saturated heterocycles. The average Bonchev–Trinajstić information content (AvgIpc) is 2.95. The van der Waals surface area contributed by atoms with Gasteiger partial charge in [-0.05, 0) is 25.0 Å². The third-order valence-corrected chi connectivity index (χ3v) is 4.52. The molecule has 9 nitrogen and oxygen atoms in total. The highest BCUT2D eigenvalue weighted by Gasteiger charge is 2.29. The molecule has 3 rings (SSSR count). The lowest BCUT2D eigenvalue weighted by atomic mass is 9.97. The van der Waals surface area contributed by atoms with Crippen LogP contribution in [0.1, 0.15) is 24.6 Å². The van der Waals surface area contributed by atoms with Gasteiger partial charge in [-0.25, -0.2) is 18.8 Å². The number of amides is 3. The van der Waals surface area contributed by atoms with Crippen LogP contribution in [0.2, 0.25) is 0 Å². The van der Waals surface area contributed by atoms with Gasteiger partial charge in [0.05, 0.1) is 12.2 Å². The molecular weight excluding hydrogens is 336 g/mol. The van der Waals surface area contributed by atoms with Crippen molar-refractivity contribution in [2.24, 2.45) is 12.8 Å². The van der Waals surface area contributed by atoms with Gasteiger partial charge >= 0.3 is 11.7 Å². The van der Waals surface area contributed by atoms with Crippen molar-refractivity contribution in [1.82, 2.24) is 24.6 Å². The van der Waals surface area contributed by atoms with Crippen LogP contribution in [0.25, 0.3) is 5.69 Å². The molecule has 1 atom stereocenters. The van der Waals surface area contributed by atoms with Crippen LogP contribution in [-0.2, 0) is 11.8 Å². The van der Waals surface area contributed by atoms with E-state index < -0.39 is 6.03 Å². The van der Waals surface area contributed by atoms with Crippen molar-refractivity contribution in [3.63, 3.8) is 0 Å². The van der Waals surface area contributed by atoms with E-state index >= 15 is 0 Å². The smallest absolute Gasteiger partial charge is 0.350 e. The third-order valence-electron chi connectivity index (χ3n) is 4.52. The van der Waals surface area contributed by atoms with Crippen molar-refractivity contribution >= 4 is 11.9 Å². The lowest BCUT2D eigenvalue weighted by Crippen LogP contribution is -2.45. The molecule has 26 heavy (non-hydrogen) atoms. The van der Waals surface area contributed by atoms with Crippen molar-refractivity contribution in [2.45, 2.75) is 18.8 Å². The predicted molar refractivity (Wildman–Crippen MR) is 94.9 cm³/mol. The molecule has 0 radical (unpaired) electrons. The molecule has 2 heterocycles. The number of hydrogen-bond acceptors (Lipinski definition) is 4. The van der Waals surface area contributed by atoms with Crippen LogP contribution in [-0.4, -0.2) is 50.8 Å². The highest BCUT2D eigenvalue weighted by molar-refractivity contribution is 5.83. The number of nitrogens with zero attached hydrogens (tertiary/aromatic N) is 4. The summed E-state index contributed by atoms with van der Waals surface area (Å²) in [4.78, 5) is 37.3. The number of primary amides is 1. The SMILES string of the molecule is Cn1nc([C@H]2CCCN(C(=O)CNC(N)=O)C2)n(-c2ccccc2)c1=O. The lowest BCUT2D eigenvalue weighted by Gasteiger charge is -2.32. The Bertz CT molecular complexity index is 857. The summed E-state index contributed by atoms with van der Waals surface area (Å²) in [6.07, 6.45) is 1.63. The molecule has 1 aromatic heterocycles. The summed E-state index contributed by atoms with van der Waals surface area (Å²) >= 11 is 0. The minimum absolute atomic E-state index is 0.0598. The number of carbonyl (C=O) groups excluding carboxylic acids is 2. The molecule has 3 N–H and O–H groups in total. The molecule has 1 fully saturated rings. The fraction of sp³-hybridized carbons (Fsp3) is 0.412. The maximum atomic E-state index is 12.5. The van der Waals surface area contributed by atoms with E-state index in [9.17, 15) is 14.4 Å². The van der Waals surface area contributed by atoms with Crippen LogP contribution in [0.4, 0.5) is 4.79 Å². The first-order valence-electron chi connectivity index (χ1n) is 8.50. The number of hydrogen-bond donors (Lipinski definition) is 2. The van der Waals surface area contributed by atoms with Crippen LogP contribution in [0, 0.1) is 0 Å². The number of aromatic nitrogens is 3. The monoisotopic (exact) mass is 358 g/mol. The molecule has 0 unspecified atom stereocenters. The Kier molecular flexibility index (Phi) is 5.06. The van der Waals surface area contributed by atoms with Crippen molar-refractivity contribution in [3.8, 4) is 5.69 Å². The summed E-state index contributed by atoms with van der Waals surface area (Å²) in [6, 6.07) is 8.60. The van der Waals surface area contributed by atoms with Gasteiger partial charge in [0.25, 0.3) is 0 Å². The predicted octanol–water partition coefficient (Wildman–Crippen LogP) is -0.0547. The molecule has 1 aromatic carbocycles. The van der Waals surface area contributed by atoms with Gasteiger partial charge in [0.1, 0.15) is 5.82 Å². The molecule has 0 bridgehead atoms. The summed E-state index contributed by atoms with van der Waals surface area (Å²) in [7, 11) is 1.62. The number of nitrogens with one attached hydrogen (secondary N) is 1. The maximum Gasteiger partial charge on any atom is 0.350 e. The van der Waals surface area contributed by atoms with Gasteiger partial charge in [0.15, 0.2) is 0 Å². The van der Waals surface area contributed by atoms with Crippen molar-refractivity contribution < 1.29 is 9.59 Å². The molecule has 0 saturated carbocycles. The Balaban J connectivity index is 1.85. The number of piperidine rings is 1. The number of urea groups is 1. The van der Waals surface area contributed by atoms with E-state index in [-0.39, 0.29) is 24.1 Å². The second kappa shape index (κ2) is 7.42. The largest absolute Gasteiger partial charge is 0.352 e. The zero-order chi connectivity index (χ0) is 18.7. The van der Waals surface area contributed by atoms with Crippen LogP contribution in [0.15, 0.2) is 35.1 Å². The highest BCUT2D eigenvalue weighted by Crippen LogP contribution is 2.26. The third kappa shape index (κ3) is 3.61. The van der Waals surface area contributed by atoms with Gasteiger partial charge in [-0.2, -0.15) is 5.10 Å². The normalized spacial score (nSPS) is 17.1. The summed E-state index contributed by atoms with van der Waals surface area (Å²) in [5, 5.41) is 6.74. The molecular formula is C17H22N6O3. The van der Waals surface area contributed by atoms with Crippen LogP contribution in [0.3, 0.4) is 0 Å². The lowest BCUT2D eigenvalue weighted by molar-refractivity contribution is -0.131. The fourth-order valence-electron chi connectivity index (χ4n) is 3.26. The minimum atomic E-state index is -0.727. The Morgan fingerprint density at radius 3 is 2.73 bits per heavy atom. The van der Waals surface area contributed by atoms with E-state index in [0.717, 1.165) is 18.5 Å². The number of para-hydroxylation sites is 1. The number of rotatable bonds is 4. The molecule has 3 amide bonds. The van der Waals surface area contributed by atoms with E-state index in [1.54, 1.807) is 16.5 Å². The summed E-state index contributed by atoms with van der Waals surface area (Å²) < 4.78 is 2.91. The number of benzene rings is 1. The molecule has 1 aliphatic rings. The Morgan fingerprint density at radius 1 is 1.31 bits per heavy atom. The zero-order valence-electron chi connectivity index (χ0n) is 14.6. The maximum absolute atomic E-state index is 12.5. The summed E-state index contributed by atoms with van der Waals surface area (Å²) in [5.41, 5.74) is 5.55. The summed E-state index contributed by atoms with van der Waals surface area (Å²) in [6.45, 7) is 0.927. The van der Waals surface area contributed by atoms with Gasteiger partial charge < -0.3 is 16.0 Å². The van der Waals surface area contributed by atoms with Crippen LogP contribution >= 0.6 is 0 Å². The average molecular weight is 358 g/mol. The Hall–Kier alpha value is -3.10. The van der Waals surface area contributed by atoms with Crippen LogP contribution in [0.5, 0.6) is 0 Å². The van der Waals surface area contributed by atoms with Gasteiger partial charge in [-0.3, -0.25) is 4.79 Å². The second-order valence-electron chi connectivity index (χ2n) is 6.33. The van der Waals surface area contributed by atoms with Crippen molar-refractivity contribution in [3.05, 3.63) is 46.6 Å². The minimum Gasteiger partial charge on any atom is -0.352 e. The van der Waals surface area contributed by atoms with Gasteiger partial charge in [0, 0.05) is 26.1 Å². The van der Waals surface area contributed by atoms with E-state index in [2.05, 4.69) is 10.4 Å². The van der Waals surface area contributed by atoms with Gasteiger partial charge in [0.2, 0.25) is 5.91 Å². The van der Waals surface area contributed by atoms with E-state index in [1.807, 2.05) is 30.3 Å². The van der Waals surface area contributed by atoms with E-state index in [0.29, 0.717) is 18.9 Å². The number of nitrogens with two attached hydrogens (primary N) is 1. The molecule has 138 valence electrons. The topological polar surface area (TPSA) is 115 Å². The first-order valence-corrected chi connectivity index (χ1v) is 8.50. The quantitative estimate of drug-likeness (QED) is 0.797. The highest BCUT2D eigenvalue weighted by atomic mass is 16.2. The van der Waals surface area contributed by atoms with Crippen molar-refractivity contribution in [1.29, 1.82) is 0 Å². The summed E-state index contributed by atoms with van der Waals surface area (Å²) in [5.74, 6) is 0.387. The number of aryl methyl sites for hydroxylation is 1. The molecule has 1 aliphatic heterocycles. The molecule has 2 aromatic rings. The van der Waals surface area contributed by atoms with Gasteiger partial charge in [-0.15, -0.1) is 0 Å². The van der Waals surface area contributed by atoms with Crippen LogP contribution < -0.4 is 16.7 Å². The Morgan fingerprint density at radius 2 is 2.04 bits per heavy atom. The molecule has 0 aliphatic carbocycles. The fourth-order valence-corrected chi connectivity index (χ4v) is 3.26. The number of carbonyl (C=O) groups is 2. The number of likely N-dealkylation sites (tertiary alicyclic amines) is 1. The molecule has 0 spiro atoms. The standard InChI is InChI=1S/C17H22N6O3/c1-21-17(26)23(13-7-3-2-4-8-13)15(20-21)12-6-5-9-22(11-12)14(24)10-19-16(18)25/h2-4,7-8,12H,5-6,9-11H2,1H3,(H3,18,19,25)/t12-/m0/s1. The first-order chi connectivity index (χ1) is 12.5. The van der Waals surface area contributed by atoms with E-state index in [1.165, 1.54) is 4.68 Å². The van der Waals surface area contributed by atoms with Gasteiger partial charge in [-0.1, -0.05) is 18.2 Å².